The molecule has 3 heterocycles. The van der Waals surface area contributed by atoms with E-state index in [0.29, 0.717) is 24.3 Å². The van der Waals surface area contributed by atoms with Crippen LogP contribution in [0.25, 0.3) is 16.4 Å². The van der Waals surface area contributed by atoms with Crippen LogP contribution in [-0.4, -0.2) is 42.4 Å². The van der Waals surface area contributed by atoms with E-state index in [1.807, 2.05) is 52.9 Å². The number of amides is 1. The number of para-hydroxylation sites is 1. The van der Waals surface area contributed by atoms with E-state index in [2.05, 4.69) is 36.2 Å². The van der Waals surface area contributed by atoms with E-state index in [1.54, 1.807) is 16.2 Å². The molecule has 0 saturated heterocycles. The molecule has 0 aliphatic rings. The number of benzene rings is 1. The molecule has 4 aromatic rings. The van der Waals surface area contributed by atoms with Gasteiger partial charge in [-0.25, -0.2) is 4.68 Å². The van der Waals surface area contributed by atoms with Crippen LogP contribution in [-0.2, 0) is 17.9 Å². The number of H-pyrrole nitrogens is 1. The molecule has 9 heteroatoms. The van der Waals surface area contributed by atoms with Gasteiger partial charge in [-0.05, 0) is 56.1 Å². The Morgan fingerprint density at radius 1 is 1.19 bits per heavy atom. The number of rotatable bonds is 7. The first kappa shape index (κ1) is 22.2. The summed E-state index contributed by atoms with van der Waals surface area (Å²) < 4.78 is 4.38. The second kappa shape index (κ2) is 9.22. The highest BCUT2D eigenvalue weighted by molar-refractivity contribution is 7.71. The Kier molecular flexibility index (Phi) is 6.38. The fourth-order valence-electron chi connectivity index (χ4n) is 3.78. The van der Waals surface area contributed by atoms with E-state index in [1.165, 1.54) is 0 Å². The zero-order chi connectivity index (χ0) is 22.8. The van der Waals surface area contributed by atoms with Crippen molar-refractivity contribution in [3.63, 3.8) is 0 Å². The molecule has 32 heavy (non-hydrogen) atoms. The van der Waals surface area contributed by atoms with Crippen LogP contribution in [0.1, 0.15) is 28.9 Å². The Hall–Kier alpha value is -3.04. The Balaban J connectivity index is 1.47. The zero-order valence-electron chi connectivity index (χ0n) is 18.6. The summed E-state index contributed by atoms with van der Waals surface area (Å²) >= 11 is 6.97. The number of carbonyl (C=O) groups is 1. The normalized spacial score (nSPS) is 11.1. The number of nitrogens with one attached hydrogen (secondary N) is 1. The summed E-state index contributed by atoms with van der Waals surface area (Å²) in [6, 6.07) is 12.1. The highest BCUT2D eigenvalue weighted by Crippen LogP contribution is 2.24. The van der Waals surface area contributed by atoms with Gasteiger partial charge in [-0.2, -0.15) is 10.2 Å². The van der Waals surface area contributed by atoms with Crippen LogP contribution in [0.2, 0.25) is 0 Å². The summed E-state index contributed by atoms with van der Waals surface area (Å²) in [6.45, 7) is 7.11. The highest BCUT2D eigenvalue weighted by Gasteiger charge is 2.19. The van der Waals surface area contributed by atoms with Crippen molar-refractivity contribution in [1.82, 2.24) is 29.4 Å². The van der Waals surface area contributed by atoms with Gasteiger partial charge in [0.1, 0.15) is 0 Å². The molecule has 0 fully saturated rings. The lowest BCUT2D eigenvalue weighted by atomic mass is 10.1. The molecule has 0 unspecified atom stereocenters. The Bertz CT molecular complexity index is 1300. The smallest absolute Gasteiger partial charge is 0.224 e. The minimum absolute atomic E-state index is 0.0488. The van der Waals surface area contributed by atoms with E-state index in [9.17, 15) is 4.79 Å². The van der Waals surface area contributed by atoms with Crippen LogP contribution >= 0.6 is 23.6 Å². The van der Waals surface area contributed by atoms with Gasteiger partial charge in [0, 0.05) is 37.8 Å². The molecule has 7 nitrogen and oxygen atoms in total. The van der Waals surface area contributed by atoms with Gasteiger partial charge in [0.05, 0.1) is 16.3 Å². The maximum absolute atomic E-state index is 12.9. The largest absolute Gasteiger partial charge is 0.341 e. The minimum atomic E-state index is 0.0488. The van der Waals surface area contributed by atoms with Crippen LogP contribution < -0.4 is 0 Å². The van der Waals surface area contributed by atoms with Crippen molar-refractivity contribution in [1.29, 1.82) is 0 Å². The molecule has 166 valence electrons. The van der Waals surface area contributed by atoms with Crippen molar-refractivity contribution in [3.05, 3.63) is 69.1 Å². The fourth-order valence-corrected chi connectivity index (χ4v) is 4.73. The molecular weight excluding hydrogens is 440 g/mol. The number of nitrogens with zero attached hydrogens (tertiary/aromatic N) is 5. The fraction of sp³-hybridized carbons (Fsp3) is 0.304. The third-order valence-electron chi connectivity index (χ3n) is 5.65. The van der Waals surface area contributed by atoms with Crippen molar-refractivity contribution in [2.45, 2.75) is 40.3 Å². The lowest BCUT2D eigenvalue weighted by Gasteiger charge is -2.18. The average molecular weight is 467 g/mol. The summed E-state index contributed by atoms with van der Waals surface area (Å²) in [5.74, 6) is 0.819. The van der Waals surface area contributed by atoms with Crippen molar-refractivity contribution in [2.24, 2.45) is 0 Å². The van der Waals surface area contributed by atoms with Crippen LogP contribution in [0.4, 0.5) is 0 Å². The molecule has 0 aliphatic heterocycles. The molecule has 0 spiro atoms. The third kappa shape index (κ3) is 4.31. The number of aryl methyl sites for hydroxylation is 2. The van der Waals surface area contributed by atoms with Gasteiger partial charge in [0.15, 0.2) is 10.6 Å². The molecule has 3 aromatic heterocycles. The van der Waals surface area contributed by atoms with Crippen molar-refractivity contribution >= 4 is 29.5 Å². The molecule has 0 saturated carbocycles. The van der Waals surface area contributed by atoms with Gasteiger partial charge in [-0.15, -0.1) is 11.3 Å². The number of aromatic nitrogens is 5. The Morgan fingerprint density at radius 2 is 1.97 bits per heavy atom. The highest BCUT2D eigenvalue weighted by atomic mass is 32.1. The maximum Gasteiger partial charge on any atom is 0.224 e. The first-order valence-corrected chi connectivity index (χ1v) is 11.7. The number of hydrogen-bond acceptors (Lipinski definition) is 5. The standard InChI is InChI=1S/C23H26N6OS2/c1-15-8-5-6-9-19(15)29-17(3)18(16(2)26-29)14-27(4)21(30)11-12-28-22(24-25-23(28)31)20-10-7-13-32-20/h5-10,13H,11-12,14H2,1-4H3,(H,25,31). The van der Waals surface area contributed by atoms with Crippen LogP contribution in [0.3, 0.4) is 0 Å². The predicted molar refractivity (Wildman–Crippen MR) is 130 cm³/mol. The average Bonchev–Trinajstić information content (AvgIpc) is 3.49. The molecular formula is C23H26N6OS2. The summed E-state index contributed by atoms with van der Waals surface area (Å²) in [5, 5.41) is 13.9. The molecule has 0 atom stereocenters. The van der Waals surface area contributed by atoms with Gasteiger partial charge < -0.3 is 4.90 Å². The summed E-state index contributed by atoms with van der Waals surface area (Å²) in [7, 11) is 1.83. The number of aromatic amines is 1. The van der Waals surface area contributed by atoms with Crippen molar-refractivity contribution in [3.8, 4) is 16.4 Å². The lowest BCUT2D eigenvalue weighted by Crippen LogP contribution is -2.27. The molecule has 4 rings (SSSR count). The van der Waals surface area contributed by atoms with E-state index in [0.717, 1.165) is 38.9 Å². The SMILES string of the molecule is Cc1ccccc1-n1nc(C)c(CN(C)C(=O)CCn2c(-c3cccs3)n[nH]c2=S)c1C. The van der Waals surface area contributed by atoms with E-state index < -0.39 is 0 Å². The molecule has 1 amide bonds. The van der Waals surface area contributed by atoms with E-state index >= 15 is 0 Å². The van der Waals surface area contributed by atoms with E-state index in [-0.39, 0.29) is 5.91 Å². The van der Waals surface area contributed by atoms with Gasteiger partial charge in [-0.1, -0.05) is 24.3 Å². The first-order chi connectivity index (χ1) is 15.4. The van der Waals surface area contributed by atoms with Crippen LogP contribution in [0, 0.1) is 25.5 Å². The molecule has 1 N–H and O–H groups in total. The Morgan fingerprint density at radius 3 is 2.69 bits per heavy atom. The topological polar surface area (TPSA) is 71.7 Å². The van der Waals surface area contributed by atoms with Crippen molar-refractivity contribution < 1.29 is 4.79 Å². The second-order valence-corrected chi connectivity index (χ2v) is 9.16. The lowest BCUT2D eigenvalue weighted by molar-refractivity contribution is -0.130. The van der Waals surface area contributed by atoms with E-state index in [4.69, 9.17) is 17.3 Å². The van der Waals surface area contributed by atoms with Gasteiger partial charge in [-0.3, -0.25) is 14.5 Å². The monoisotopic (exact) mass is 466 g/mol. The van der Waals surface area contributed by atoms with Crippen LogP contribution in [0.5, 0.6) is 0 Å². The summed E-state index contributed by atoms with van der Waals surface area (Å²) in [4.78, 5) is 15.7. The van der Waals surface area contributed by atoms with Gasteiger partial charge in [0.25, 0.3) is 0 Å². The van der Waals surface area contributed by atoms with Crippen molar-refractivity contribution in [2.75, 3.05) is 7.05 Å². The third-order valence-corrected chi connectivity index (χ3v) is 6.83. The Labute approximate surface area is 196 Å². The second-order valence-electron chi connectivity index (χ2n) is 7.83. The van der Waals surface area contributed by atoms with Crippen LogP contribution in [0.15, 0.2) is 41.8 Å². The number of carbonyl (C=O) groups excluding carboxylic acids is 1. The van der Waals surface area contributed by atoms with Gasteiger partial charge >= 0.3 is 0 Å². The summed E-state index contributed by atoms with van der Waals surface area (Å²) in [5.41, 5.74) is 5.27. The zero-order valence-corrected chi connectivity index (χ0v) is 20.3. The minimum Gasteiger partial charge on any atom is -0.341 e. The quantitative estimate of drug-likeness (QED) is 0.396. The molecule has 0 radical (unpaired) electrons. The van der Waals surface area contributed by atoms with Gasteiger partial charge in [0.2, 0.25) is 5.91 Å². The number of thiophene rings is 1. The first-order valence-electron chi connectivity index (χ1n) is 10.4. The molecule has 0 bridgehead atoms. The molecule has 1 aromatic carbocycles. The summed E-state index contributed by atoms with van der Waals surface area (Å²) in [6.07, 6.45) is 0.340. The number of hydrogen-bond donors (Lipinski definition) is 1. The predicted octanol–water partition coefficient (Wildman–Crippen LogP) is 4.83. The molecule has 0 aliphatic carbocycles. The maximum atomic E-state index is 12.9.